The summed E-state index contributed by atoms with van der Waals surface area (Å²) in [5.74, 6) is 0.619. The van der Waals surface area contributed by atoms with E-state index in [0.29, 0.717) is 12.4 Å². The van der Waals surface area contributed by atoms with E-state index in [1.807, 2.05) is 18.3 Å². The Bertz CT molecular complexity index is 496. The molecule has 0 radical (unpaired) electrons. The van der Waals surface area contributed by atoms with Gasteiger partial charge in [0, 0.05) is 37.1 Å². The van der Waals surface area contributed by atoms with Gasteiger partial charge in [0.15, 0.2) is 0 Å². The van der Waals surface area contributed by atoms with Crippen molar-refractivity contribution in [2.24, 2.45) is 0 Å². The van der Waals surface area contributed by atoms with Gasteiger partial charge >= 0.3 is 0 Å². The fraction of sp³-hybridized carbons (Fsp3) is 0.385. The number of hydrogen-bond acceptors (Lipinski definition) is 5. The Balaban J connectivity index is 1.78. The second kappa shape index (κ2) is 6.86. The Morgan fingerprint density at radius 3 is 2.79 bits per heavy atom. The molecule has 6 nitrogen and oxygen atoms in total. The van der Waals surface area contributed by atoms with E-state index in [9.17, 15) is 0 Å². The fourth-order valence-corrected chi connectivity index (χ4v) is 1.71. The second-order valence-corrected chi connectivity index (χ2v) is 4.15. The minimum absolute atomic E-state index is 0.103. The topological polar surface area (TPSA) is 72.2 Å². The van der Waals surface area contributed by atoms with Gasteiger partial charge in [-0.15, -0.1) is 0 Å². The monoisotopic (exact) mass is 262 g/mol. The molecule has 0 aliphatic heterocycles. The maximum atomic E-state index is 8.80. The van der Waals surface area contributed by atoms with Gasteiger partial charge in [-0.1, -0.05) is 6.07 Å². The fourth-order valence-electron chi connectivity index (χ4n) is 1.71. The zero-order valence-electron chi connectivity index (χ0n) is 10.9. The maximum Gasteiger partial charge on any atom is 0.212 e. The summed E-state index contributed by atoms with van der Waals surface area (Å²) in [6, 6.07) is 3.82. The Kier molecular flexibility index (Phi) is 4.88. The molecule has 0 aliphatic rings. The maximum absolute atomic E-state index is 8.80. The molecule has 0 atom stereocenters. The zero-order valence-corrected chi connectivity index (χ0v) is 10.9. The lowest BCUT2D eigenvalue weighted by Gasteiger charge is -2.04. The number of pyridine rings is 1. The van der Waals surface area contributed by atoms with Crippen molar-refractivity contribution < 1.29 is 9.84 Å². The van der Waals surface area contributed by atoms with Gasteiger partial charge in [0.2, 0.25) is 5.88 Å². The molecular formula is C13H18N4O2. The number of nitrogens with one attached hydrogen (secondary N) is 1. The predicted octanol–water partition coefficient (Wildman–Crippen LogP) is 0.569. The third kappa shape index (κ3) is 4.04. The average Bonchev–Trinajstić information content (AvgIpc) is 2.88. The Morgan fingerprint density at radius 1 is 1.26 bits per heavy atom. The summed E-state index contributed by atoms with van der Waals surface area (Å²) in [5.41, 5.74) is 2.19. The third-order valence-electron chi connectivity index (χ3n) is 2.68. The molecule has 2 rings (SSSR count). The average molecular weight is 262 g/mol. The lowest BCUT2D eigenvalue weighted by Crippen LogP contribution is -2.12. The van der Waals surface area contributed by atoms with Crippen LogP contribution in [0.25, 0.3) is 0 Å². The molecule has 0 spiro atoms. The molecule has 2 aromatic heterocycles. The molecule has 6 heteroatoms. The zero-order chi connectivity index (χ0) is 13.5. The van der Waals surface area contributed by atoms with Crippen LogP contribution in [0.3, 0.4) is 0 Å². The van der Waals surface area contributed by atoms with Gasteiger partial charge in [-0.25, -0.2) is 4.98 Å². The quantitative estimate of drug-likeness (QED) is 0.763. The lowest BCUT2D eigenvalue weighted by molar-refractivity contribution is 0.269. The van der Waals surface area contributed by atoms with Gasteiger partial charge in [-0.2, -0.15) is 5.10 Å². The van der Waals surface area contributed by atoms with Gasteiger partial charge in [0.05, 0.1) is 26.5 Å². The summed E-state index contributed by atoms with van der Waals surface area (Å²) >= 11 is 0. The SMILES string of the molecule is COc1ccc(CNCc2cnn(CCO)c2)cn1. The summed E-state index contributed by atoms with van der Waals surface area (Å²) in [6.45, 7) is 2.11. The van der Waals surface area contributed by atoms with Crippen LogP contribution in [0.5, 0.6) is 5.88 Å². The van der Waals surface area contributed by atoms with E-state index >= 15 is 0 Å². The first-order valence-corrected chi connectivity index (χ1v) is 6.13. The number of aliphatic hydroxyl groups is 1. The smallest absolute Gasteiger partial charge is 0.212 e. The number of ether oxygens (including phenoxy) is 1. The van der Waals surface area contributed by atoms with E-state index in [0.717, 1.165) is 24.2 Å². The molecule has 0 aromatic carbocycles. The first kappa shape index (κ1) is 13.5. The molecule has 19 heavy (non-hydrogen) atoms. The molecule has 0 fully saturated rings. The van der Waals surface area contributed by atoms with Crippen LogP contribution in [0.4, 0.5) is 0 Å². The van der Waals surface area contributed by atoms with Crippen molar-refractivity contribution in [3.05, 3.63) is 41.9 Å². The third-order valence-corrected chi connectivity index (χ3v) is 2.68. The molecular weight excluding hydrogens is 244 g/mol. The van der Waals surface area contributed by atoms with Gasteiger partial charge in [0.1, 0.15) is 0 Å². The highest BCUT2D eigenvalue weighted by Crippen LogP contribution is 2.06. The number of rotatable bonds is 7. The van der Waals surface area contributed by atoms with Gasteiger partial charge < -0.3 is 15.2 Å². The van der Waals surface area contributed by atoms with Crippen LogP contribution in [0.1, 0.15) is 11.1 Å². The first-order chi connectivity index (χ1) is 9.31. The van der Waals surface area contributed by atoms with Crippen molar-refractivity contribution in [1.82, 2.24) is 20.1 Å². The van der Waals surface area contributed by atoms with Crippen LogP contribution in [-0.4, -0.2) is 33.6 Å². The van der Waals surface area contributed by atoms with Gasteiger partial charge in [0.25, 0.3) is 0 Å². The first-order valence-electron chi connectivity index (χ1n) is 6.13. The van der Waals surface area contributed by atoms with Crippen LogP contribution in [0.2, 0.25) is 0 Å². The number of hydrogen-bond donors (Lipinski definition) is 2. The molecule has 102 valence electrons. The normalized spacial score (nSPS) is 10.6. The van der Waals surface area contributed by atoms with Crippen LogP contribution < -0.4 is 10.1 Å². The molecule has 0 amide bonds. The van der Waals surface area contributed by atoms with Crippen molar-refractivity contribution in [1.29, 1.82) is 0 Å². The Hall–Kier alpha value is -1.92. The summed E-state index contributed by atoms with van der Waals surface area (Å²) in [6.07, 6.45) is 5.52. The van der Waals surface area contributed by atoms with E-state index < -0.39 is 0 Å². The summed E-state index contributed by atoms with van der Waals surface area (Å²) in [7, 11) is 1.60. The summed E-state index contributed by atoms with van der Waals surface area (Å²) < 4.78 is 6.73. The predicted molar refractivity (Wildman–Crippen MR) is 70.6 cm³/mol. The number of methoxy groups -OCH3 is 1. The highest BCUT2D eigenvalue weighted by molar-refractivity contribution is 5.17. The highest BCUT2D eigenvalue weighted by Gasteiger charge is 1.99. The van der Waals surface area contributed by atoms with E-state index in [1.165, 1.54) is 0 Å². The van der Waals surface area contributed by atoms with E-state index in [1.54, 1.807) is 24.2 Å². The van der Waals surface area contributed by atoms with E-state index in [-0.39, 0.29) is 6.61 Å². The minimum Gasteiger partial charge on any atom is -0.481 e. The summed E-state index contributed by atoms with van der Waals surface area (Å²) in [4.78, 5) is 4.14. The van der Waals surface area contributed by atoms with Crippen LogP contribution in [0.15, 0.2) is 30.7 Å². The molecule has 0 saturated heterocycles. The molecule has 0 aliphatic carbocycles. The minimum atomic E-state index is 0.103. The molecule has 0 bridgehead atoms. The van der Waals surface area contributed by atoms with Crippen LogP contribution in [0, 0.1) is 0 Å². The number of aromatic nitrogens is 3. The number of aliphatic hydroxyl groups excluding tert-OH is 1. The lowest BCUT2D eigenvalue weighted by atomic mass is 10.2. The molecule has 0 saturated carbocycles. The molecule has 0 unspecified atom stereocenters. The van der Waals surface area contributed by atoms with Gasteiger partial charge in [-0.05, 0) is 5.56 Å². The molecule has 2 aromatic rings. The Morgan fingerprint density at radius 2 is 2.11 bits per heavy atom. The largest absolute Gasteiger partial charge is 0.481 e. The van der Waals surface area contributed by atoms with Crippen LogP contribution >= 0.6 is 0 Å². The van der Waals surface area contributed by atoms with E-state index in [4.69, 9.17) is 9.84 Å². The van der Waals surface area contributed by atoms with Crippen molar-refractivity contribution in [3.63, 3.8) is 0 Å². The standard InChI is InChI=1S/C13H18N4O2/c1-19-13-3-2-11(8-15-13)6-14-7-12-9-16-17(10-12)4-5-18/h2-3,8-10,14,18H,4-7H2,1H3. The highest BCUT2D eigenvalue weighted by atomic mass is 16.5. The van der Waals surface area contributed by atoms with Crippen molar-refractivity contribution in [2.75, 3.05) is 13.7 Å². The van der Waals surface area contributed by atoms with Gasteiger partial charge in [-0.3, -0.25) is 4.68 Å². The van der Waals surface area contributed by atoms with E-state index in [2.05, 4.69) is 15.4 Å². The molecule has 2 heterocycles. The van der Waals surface area contributed by atoms with Crippen molar-refractivity contribution in [3.8, 4) is 5.88 Å². The summed E-state index contributed by atoms with van der Waals surface area (Å²) in [5, 5.41) is 16.3. The second-order valence-electron chi connectivity index (χ2n) is 4.15. The van der Waals surface area contributed by atoms with Crippen molar-refractivity contribution >= 4 is 0 Å². The van der Waals surface area contributed by atoms with Crippen molar-refractivity contribution in [2.45, 2.75) is 19.6 Å². The molecule has 2 N–H and O–H groups in total. The van der Waals surface area contributed by atoms with Crippen LogP contribution in [-0.2, 0) is 19.6 Å². The number of nitrogens with zero attached hydrogens (tertiary/aromatic N) is 3. The Labute approximate surface area is 112 Å².